The van der Waals surface area contributed by atoms with Gasteiger partial charge in [0.1, 0.15) is 18.4 Å². The highest BCUT2D eigenvalue weighted by Gasteiger charge is 2.32. The number of sulfonamides is 2. The van der Waals surface area contributed by atoms with Crippen molar-refractivity contribution < 1.29 is 31.6 Å². The zero-order chi connectivity index (χ0) is 25.6. The molecule has 0 aliphatic carbocycles. The first kappa shape index (κ1) is 27.0. The van der Waals surface area contributed by atoms with Gasteiger partial charge in [0.2, 0.25) is 20.0 Å². The van der Waals surface area contributed by atoms with Crippen LogP contribution in [-0.2, 0) is 31.4 Å². The van der Waals surface area contributed by atoms with Gasteiger partial charge in [0.15, 0.2) is 0 Å². The lowest BCUT2D eigenvalue weighted by atomic mass is 10.2. The lowest BCUT2D eigenvalue weighted by molar-refractivity contribution is -0.135. The molecular weight excluding hydrogens is 498 g/mol. The summed E-state index contributed by atoms with van der Waals surface area (Å²) in [5, 5.41) is 9.12. The average molecular weight is 528 g/mol. The van der Waals surface area contributed by atoms with Gasteiger partial charge in [-0.05, 0) is 48.9 Å². The highest BCUT2D eigenvalue weighted by Crippen LogP contribution is 2.18. The van der Waals surface area contributed by atoms with E-state index in [1.807, 2.05) is 19.1 Å². The lowest BCUT2D eigenvalue weighted by Crippen LogP contribution is -2.58. The van der Waals surface area contributed by atoms with E-state index in [-0.39, 0.29) is 37.6 Å². The first-order chi connectivity index (χ1) is 16.5. The standard InChI is InChI=1S/C21H29N5O7S2/c1-16-13-17(7-8-22-16)15-33-18-3-5-19(6-4-18)35(31,32)23-14-20(21(27)24-28)25-9-11-26(12-10-25)34(2,29)30/h3-8,13,20,23,28H,9-12,14-15H2,1-2H3,(H,24,27). The summed E-state index contributed by atoms with van der Waals surface area (Å²) in [6.07, 6.45) is 2.79. The van der Waals surface area contributed by atoms with E-state index in [1.165, 1.54) is 28.6 Å². The Balaban J connectivity index is 1.60. The van der Waals surface area contributed by atoms with E-state index < -0.39 is 32.0 Å². The summed E-state index contributed by atoms with van der Waals surface area (Å²) in [4.78, 5) is 17.9. The van der Waals surface area contributed by atoms with Crippen molar-refractivity contribution in [3.63, 3.8) is 0 Å². The van der Waals surface area contributed by atoms with Gasteiger partial charge >= 0.3 is 0 Å². The van der Waals surface area contributed by atoms with Gasteiger partial charge in [0.25, 0.3) is 5.91 Å². The monoisotopic (exact) mass is 527 g/mol. The largest absolute Gasteiger partial charge is 0.489 e. The number of piperazine rings is 1. The van der Waals surface area contributed by atoms with Crippen LogP contribution < -0.4 is 14.9 Å². The second-order valence-electron chi connectivity index (χ2n) is 8.11. The third-order valence-electron chi connectivity index (χ3n) is 5.56. The number of carbonyl (C=O) groups excluding carboxylic acids is 1. The summed E-state index contributed by atoms with van der Waals surface area (Å²) in [5.41, 5.74) is 3.35. The van der Waals surface area contributed by atoms with Crippen LogP contribution in [0.25, 0.3) is 0 Å². The number of nitrogens with one attached hydrogen (secondary N) is 2. The first-order valence-corrected chi connectivity index (χ1v) is 14.1. The van der Waals surface area contributed by atoms with Crippen LogP contribution in [0.1, 0.15) is 11.3 Å². The Bertz CT molecular complexity index is 1230. The number of hydrogen-bond donors (Lipinski definition) is 3. The zero-order valence-electron chi connectivity index (χ0n) is 19.4. The maximum Gasteiger partial charge on any atom is 0.262 e. The highest BCUT2D eigenvalue weighted by atomic mass is 32.2. The minimum absolute atomic E-state index is 0.0188. The van der Waals surface area contributed by atoms with Gasteiger partial charge in [0, 0.05) is 44.6 Å². The molecule has 3 N–H and O–H groups in total. The second kappa shape index (κ2) is 11.4. The van der Waals surface area contributed by atoms with Crippen molar-refractivity contribution in [1.29, 1.82) is 0 Å². The molecule has 1 aliphatic rings. The molecule has 1 aromatic heterocycles. The minimum atomic E-state index is -3.97. The molecule has 12 nitrogen and oxygen atoms in total. The fourth-order valence-corrected chi connectivity index (χ4v) is 5.52. The Morgan fingerprint density at radius 2 is 1.77 bits per heavy atom. The van der Waals surface area contributed by atoms with Gasteiger partial charge < -0.3 is 4.74 Å². The summed E-state index contributed by atoms with van der Waals surface area (Å²) in [6.45, 7) is 2.58. The number of carbonyl (C=O) groups is 1. The molecule has 1 amide bonds. The third-order valence-corrected chi connectivity index (χ3v) is 8.31. The van der Waals surface area contributed by atoms with Crippen LogP contribution in [0.5, 0.6) is 5.75 Å². The fraction of sp³-hybridized carbons (Fsp3) is 0.429. The van der Waals surface area contributed by atoms with E-state index in [2.05, 4.69) is 9.71 Å². The molecule has 1 aromatic carbocycles. The van der Waals surface area contributed by atoms with Crippen LogP contribution in [-0.4, -0.2) is 87.2 Å². The van der Waals surface area contributed by atoms with Crippen LogP contribution in [0.3, 0.4) is 0 Å². The van der Waals surface area contributed by atoms with Crippen LogP contribution in [0.4, 0.5) is 0 Å². The van der Waals surface area contributed by atoms with E-state index in [0.717, 1.165) is 17.5 Å². The van der Waals surface area contributed by atoms with E-state index in [1.54, 1.807) is 16.6 Å². The number of aromatic nitrogens is 1. The number of nitrogens with zero attached hydrogens (tertiary/aromatic N) is 3. The molecule has 192 valence electrons. The number of amides is 1. The Morgan fingerprint density at radius 3 is 2.34 bits per heavy atom. The van der Waals surface area contributed by atoms with Gasteiger partial charge in [-0.3, -0.25) is 19.9 Å². The number of hydroxylamine groups is 1. The molecule has 1 atom stereocenters. The smallest absolute Gasteiger partial charge is 0.262 e. The number of aryl methyl sites for hydroxylation is 1. The van der Waals surface area contributed by atoms with E-state index in [9.17, 15) is 21.6 Å². The van der Waals surface area contributed by atoms with Crippen LogP contribution >= 0.6 is 0 Å². The van der Waals surface area contributed by atoms with Crippen molar-refractivity contribution in [2.75, 3.05) is 39.0 Å². The van der Waals surface area contributed by atoms with Gasteiger partial charge in [-0.25, -0.2) is 27.0 Å². The van der Waals surface area contributed by atoms with Crippen LogP contribution in [0, 0.1) is 6.92 Å². The topological polar surface area (TPSA) is 158 Å². The fourth-order valence-electron chi connectivity index (χ4n) is 3.66. The highest BCUT2D eigenvalue weighted by molar-refractivity contribution is 7.89. The molecule has 35 heavy (non-hydrogen) atoms. The number of rotatable bonds is 10. The Kier molecular flexibility index (Phi) is 8.79. The van der Waals surface area contributed by atoms with Gasteiger partial charge in [-0.2, -0.15) is 4.31 Å². The van der Waals surface area contributed by atoms with Gasteiger partial charge in [-0.1, -0.05) is 0 Å². The molecule has 0 radical (unpaired) electrons. The van der Waals surface area contributed by atoms with Crippen molar-refractivity contribution in [2.45, 2.75) is 24.5 Å². The Hall–Kier alpha value is -2.62. The minimum Gasteiger partial charge on any atom is -0.489 e. The lowest BCUT2D eigenvalue weighted by Gasteiger charge is -2.37. The summed E-state index contributed by atoms with van der Waals surface area (Å²) in [6, 6.07) is 8.54. The molecule has 3 rings (SSSR count). The summed E-state index contributed by atoms with van der Waals surface area (Å²) < 4.78 is 58.3. The van der Waals surface area contributed by atoms with Crippen LogP contribution in [0.2, 0.25) is 0 Å². The normalized spacial score (nSPS) is 16.5. The van der Waals surface area contributed by atoms with Gasteiger partial charge in [-0.15, -0.1) is 0 Å². The SMILES string of the molecule is Cc1cc(COc2ccc(S(=O)(=O)NCC(C(=O)NO)N3CCN(S(C)(=O)=O)CC3)cc2)ccn1. The predicted molar refractivity (Wildman–Crippen MR) is 127 cm³/mol. The zero-order valence-corrected chi connectivity index (χ0v) is 21.0. The summed E-state index contributed by atoms with van der Waals surface area (Å²) >= 11 is 0. The number of ether oxygens (including phenoxy) is 1. The Labute approximate surface area is 205 Å². The van der Waals surface area contributed by atoms with Crippen molar-refractivity contribution in [3.05, 3.63) is 53.9 Å². The van der Waals surface area contributed by atoms with Crippen molar-refractivity contribution in [1.82, 2.24) is 24.4 Å². The summed E-state index contributed by atoms with van der Waals surface area (Å²) in [5.74, 6) is -0.310. The van der Waals surface area contributed by atoms with Crippen LogP contribution in [0.15, 0.2) is 47.5 Å². The van der Waals surface area contributed by atoms with Crippen molar-refractivity contribution in [3.8, 4) is 5.75 Å². The number of hydrogen-bond acceptors (Lipinski definition) is 9. The molecule has 0 spiro atoms. The molecular formula is C21H29N5O7S2. The van der Waals surface area contributed by atoms with Gasteiger partial charge in [0.05, 0.1) is 11.2 Å². The maximum absolute atomic E-state index is 12.8. The third kappa shape index (κ3) is 7.43. The number of pyridine rings is 1. The maximum atomic E-state index is 12.8. The quantitative estimate of drug-likeness (QED) is 0.279. The van der Waals surface area contributed by atoms with E-state index in [4.69, 9.17) is 9.94 Å². The molecule has 1 fully saturated rings. The molecule has 1 saturated heterocycles. The Morgan fingerprint density at radius 1 is 1.11 bits per heavy atom. The van der Waals surface area contributed by atoms with Crippen molar-refractivity contribution >= 4 is 26.0 Å². The van der Waals surface area contributed by atoms with E-state index >= 15 is 0 Å². The molecule has 1 aliphatic heterocycles. The molecule has 0 saturated carbocycles. The number of benzene rings is 1. The van der Waals surface area contributed by atoms with E-state index in [0.29, 0.717) is 12.4 Å². The molecule has 2 heterocycles. The molecule has 14 heteroatoms. The second-order valence-corrected chi connectivity index (χ2v) is 11.9. The molecule has 0 bridgehead atoms. The molecule has 1 unspecified atom stereocenters. The first-order valence-electron chi connectivity index (χ1n) is 10.8. The molecule has 2 aromatic rings. The average Bonchev–Trinajstić information content (AvgIpc) is 2.82. The predicted octanol–water partition coefficient (Wildman–Crippen LogP) is -0.301. The van der Waals surface area contributed by atoms with Crippen molar-refractivity contribution in [2.24, 2.45) is 0 Å². The summed E-state index contributed by atoms with van der Waals surface area (Å²) in [7, 11) is -7.33.